The summed E-state index contributed by atoms with van der Waals surface area (Å²) in [7, 11) is -4.39. The number of methoxy groups -OCH3 is 2. The van der Waals surface area contributed by atoms with Gasteiger partial charge in [-0.15, -0.1) is 0 Å². The first-order valence-electron chi connectivity index (χ1n) is 7.88. The van der Waals surface area contributed by atoms with Crippen LogP contribution in [0.25, 0.3) is 0 Å². The van der Waals surface area contributed by atoms with Crippen molar-refractivity contribution in [3.05, 3.63) is 59.5 Å². The molecule has 0 saturated carbocycles. The van der Waals surface area contributed by atoms with Crippen LogP contribution in [0.2, 0.25) is 0 Å². The van der Waals surface area contributed by atoms with E-state index in [1.807, 2.05) is 0 Å². The van der Waals surface area contributed by atoms with E-state index in [-0.39, 0.29) is 12.1 Å². The Kier molecular flexibility index (Phi) is 6.73. The highest BCUT2D eigenvalue weighted by Crippen LogP contribution is 2.35. The molecule has 14 heteroatoms. The van der Waals surface area contributed by atoms with Crippen molar-refractivity contribution in [3.63, 3.8) is 0 Å². The Morgan fingerprint density at radius 3 is 2.13 bits per heavy atom. The smallest absolute Gasteiger partial charge is 0.465 e. The van der Waals surface area contributed by atoms with Gasteiger partial charge in [-0.05, 0) is 12.2 Å². The predicted molar refractivity (Wildman–Crippen MR) is 93.8 cm³/mol. The van der Waals surface area contributed by atoms with Crippen LogP contribution in [0.15, 0.2) is 47.8 Å². The molecule has 0 spiro atoms. The molecule has 1 aromatic rings. The lowest BCUT2D eigenvalue weighted by atomic mass is 10.1. The molecule has 1 aliphatic rings. The summed E-state index contributed by atoms with van der Waals surface area (Å²) in [6.07, 6.45) is 4.51. The second-order valence-corrected chi connectivity index (χ2v) is 7.07. The number of alkyl halides is 3. The van der Waals surface area contributed by atoms with Crippen molar-refractivity contribution in [2.24, 2.45) is 0 Å². The first-order valence-corrected chi connectivity index (χ1v) is 9.29. The molecule has 168 valence electrons. The Bertz CT molecular complexity index is 1110. The van der Waals surface area contributed by atoms with Gasteiger partial charge in [0.05, 0.1) is 25.5 Å². The first-order chi connectivity index (χ1) is 14.3. The van der Waals surface area contributed by atoms with Crippen molar-refractivity contribution in [1.29, 1.82) is 0 Å². The second-order valence-electron chi connectivity index (χ2n) is 5.53. The third kappa shape index (κ3) is 4.84. The maximum absolute atomic E-state index is 14.5. The highest BCUT2D eigenvalue weighted by Gasteiger charge is 2.49. The van der Waals surface area contributed by atoms with Gasteiger partial charge < -0.3 is 18.6 Å². The molecule has 0 N–H and O–H groups in total. The van der Waals surface area contributed by atoms with Crippen LogP contribution in [-0.2, 0) is 29.2 Å². The molecule has 0 saturated heterocycles. The van der Waals surface area contributed by atoms with Crippen LogP contribution in [0.4, 0.5) is 27.6 Å². The number of halogens is 5. The summed E-state index contributed by atoms with van der Waals surface area (Å²) in [4.78, 5) is 25.0. The lowest BCUT2D eigenvalue weighted by molar-refractivity contribution is -0.139. The maximum atomic E-state index is 14.5. The van der Waals surface area contributed by atoms with Crippen LogP contribution < -0.4 is 9.08 Å². The van der Waals surface area contributed by atoms with Gasteiger partial charge in [0.25, 0.3) is 0 Å². The van der Waals surface area contributed by atoms with Crippen molar-refractivity contribution in [2.45, 2.75) is 5.51 Å². The Morgan fingerprint density at radius 1 is 0.968 bits per heavy atom. The molecule has 0 amide bonds. The van der Waals surface area contributed by atoms with Gasteiger partial charge in [0.15, 0.2) is 11.6 Å². The average molecular weight is 469 g/mol. The van der Waals surface area contributed by atoms with E-state index in [1.165, 1.54) is 12.2 Å². The van der Waals surface area contributed by atoms with Crippen molar-refractivity contribution in [2.75, 3.05) is 19.1 Å². The Morgan fingerprint density at radius 2 is 1.58 bits per heavy atom. The second kappa shape index (κ2) is 8.75. The average Bonchev–Trinajstić information content (AvgIpc) is 2.90. The van der Waals surface area contributed by atoms with Crippen LogP contribution in [0, 0.1) is 11.6 Å². The van der Waals surface area contributed by atoms with Gasteiger partial charge in [-0.2, -0.15) is 21.6 Å². The number of anilines is 1. The van der Waals surface area contributed by atoms with E-state index in [2.05, 4.69) is 13.7 Å². The fourth-order valence-corrected chi connectivity index (χ4v) is 2.74. The van der Waals surface area contributed by atoms with Gasteiger partial charge in [0.2, 0.25) is 0 Å². The van der Waals surface area contributed by atoms with Gasteiger partial charge in [-0.1, -0.05) is 6.08 Å². The number of ether oxygens (including phenoxy) is 2. The monoisotopic (exact) mass is 469 g/mol. The lowest BCUT2D eigenvalue weighted by Crippen LogP contribution is -2.29. The number of benzene rings is 1. The molecule has 0 bridgehead atoms. The Balaban J connectivity index is 2.73. The fourth-order valence-electron chi connectivity index (χ4n) is 2.28. The SMILES string of the molecule is COC(=O)C1=C(C(=O)OC)N(c2cc(OS(=O)(=O)C(F)(F)F)c(F)cc2F)C=CC=C1. The predicted octanol–water partition coefficient (Wildman–Crippen LogP) is 2.68. The van der Waals surface area contributed by atoms with E-state index in [4.69, 9.17) is 0 Å². The summed E-state index contributed by atoms with van der Waals surface area (Å²) in [6, 6.07) is 0.302. The molecular formula is C17H12F5NO7S. The van der Waals surface area contributed by atoms with Gasteiger partial charge in [0, 0.05) is 18.3 Å². The molecule has 0 radical (unpaired) electrons. The van der Waals surface area contributed by atoms with Crippen LogP contribution in [0.5, 0.6) is 5.75 Å². The summed E-state index contributed by atoms with van der Waals surface area (Å²) in [6.45, 7) is 0. The van der Waals surface area contributed by atoms with Crippen LogP contribution in [0.1, 0.15) is 0 Å². The summed E-state index contributed by atoms with van der Waals surface area (Å²) < 4.78 is 101. The molecule has 1 heterocycles. The molecule has 0 fully saturated rings. The quantitative estimate of drug-likeness (QED) is 0.281. The van der Waals surface area contributed by atoms with Crippen LogP contribution >= 0.6 is 0 Å². The zero-order valence-electron chi connectivity index (χ0n) is 15.6. The minimum absolute atomic E-state index is 0.0371. The van der Waals surface area contributed by atoms with E-state index in [9.17, 15) is 40.0 Å². The molecule has 0 aliphatic carbocycles. The van der Waals surface area contributed by atoms with Crippen molar-refractivity contribution < 1.29 is 53.6 Å². The highest BCUT2D eigenvalue weighted by molar-refractivity contribution is 7.88. The van der Waals surface area contributed by atoms with Crippen molar-refractivity contribution >= 4 is 27.7 Å². The molecule has 1 aromatic carbocycles. The van der Waals surface area contributed by atoms with E-state index in [0.717, 1.165) is 26.5 Å². The third-order valence-corrected chi connectivity index (χ3v) is 4.60. The molecule has 0 unspecified atom stereocenters. The fraction of sp³-hybridized carbons (Fsp3) is 0.176. The first kappa shape index (κ1) is 23.9. The number of esters is 2. The molecular weight excluding hydrogens is 457 g/mol. The number of carbonyl (C=O) groups is 2. The minimum atomic E-state index is -6.29. The number of rotatable bonds is 5. The Labute approximate surface area is 171 Å². The van der Waals surface area contributed by atoms with Gasteiger partial charge in [-0.3, -0.25) is 0 Å². The standard InChI is InChI=1S/C17H12F5NO7S/c1-28-15(24)9-5-3-4-6-23(14(9)16(25)29-2)12-8-13(11(19)7-10(12)18)30-31(26,27)17(20,21)22/h3-8H,1-2H3. The largest absolute Gasteiger partial charge is 0.534 e. The van der Waals surface area contributed by atoms with Gasteiger partial charge in [-0.25, -0.2) is 18.4 Å². The van der Waals surface area contributed by atoms with Crippen LogP contribution in [-0.4, -0.2) is 40.1 Å². The molecule has 0 atom stereocenters. The van der Waals surface area contributed by atoms with E-state index >= 15 is 0 Å². The Hall–Kier alpha value is -3.42. The van der Waals surface area contributed by atoms with E-state index in [0.29, 0.717) is 4.90 Å². The van der Waals surface area contributed by atoms with Crippen molar-refractivity contribution in [3.8, 4) is 5.75 Å². The molecule has 2 rings (SSSR count). The maximum Gasteiger partial charge on any atom is 0.534 e. The minimum Gasteiger partial charge on any atom is -0.465 e. The molecule has 1 aliphatic heterocycles. The number of allylic oxidation sites excluding steroid dienone is 2. The number of hydrogen-bond donors (Lipinski definition) is 0. The van der Waals surface area contributed by atoms with Crippen molar-refractivity contribution in [1.82, 2.24) is 0 Å². The molecule has 31 heavy (non-hydrogen) atoms. The zero-order valence-corrected chi connectivity index (χ0v) is 16.4. The van der Waals surface area contributed by atoms with E-state index < -0.39 is 61.9 Å². The lowest BCUT2D eigenvalue weighted by Gasteiger charge is -2.24. The summed E-state index contributed by atoms with van der Waals surface area (Å²) in [5, 5.41) is 0. The van der Waals surface area contributed by atoms with E-state index in [1.54, 1.807) is 0 Å². The van der Waals surface area contributed by atoms with Gasteiger partial charge in [0.1, 0.15) is 11.5 Å². The summed E-state index contributed by atoms with van der Waals surface area (Å²) in [5.74, 6) is -6.99. The van der Waals surface area contributed by atoms with Gasteiger partial charge >= 0.3 is 27.6 Å². The van der Waals surface area contributed by atoms with Crippen LogP contribution in [0.3, 0.4) is 0 Å². The topological polar surface area (TPSA) is 99.2 Å². The summed E-state index contributed by atoms with van der Waals surface area (Å²) >= 11 is 0. The highest BCUT2D eigenvalue weighted by atomic mass is 32.2. The molecule has 0 aromatic heterocycles. The number of nitrogens with zero attached hydrogens (tertiary/aromatic N) is 1. The normalized spacial score (nSPS) is 14.4. The number of carbonyl (C=O) groups excluding carboxylic acids is 2. The molecule has 8 nitrogen and oxygen atoms in total. The number of hydrogen-bond acceptors (Lipinski definition) is 8. The third-order valence-electron chi connectivity index (χ3n) is 3.63. The zero-order chi connectivity index (χ0) is 23.6. The summed E-state index contributed by atoms with van der Waals surface area (Å²) in [5.41, 5.74) is -7.84.